The van der Waals surface area contributed by atoms with Crippen LogP contribution in [0.1, 0.15) is 22.8 Å². The monoisotopic (exact) mass is 266 g/mol. The predicted molar refractivity (Wildman–Crippen MR) is 70.2 cm³/mol. The Balaban J connectivity index is 2.80. The molecule has 0 saturated carbocycles. The van der Waals surface area contributed by atoms with E-state index in [-0.39, 0.29) is 6.03 Å². The highest BCUT2D eigenvalue weighted by molar-refractivity contribution is 5.92. The Labute approximate surface area is 112 Å². The molecule has 0 saturated heterocycles. The molecule has 1 aromatic rings. The van der Waals surface area contributed by atoms with Gasteiger partial charge in [0.15, 0.2) is 0 Å². The molecule has 1 rings (SSSR count). The van der Waals surface area contributed by atoms with Crippen LogP contribution in [0.2, 0.25) is 0 Å². The van der Waals surface area contributed by atoms with Crippen LogP contribution in [0.25, 0.3) is 0 Å². The van der Waals surface area contributed by atoms with Crippen LogP contribution in [0, 0.1) is 0 Å². The minimum Gasteiger partial charge on any atom is -0.496 e. The molecule has 0 heterocycles. The minimum absolute atomic E-state index is 0.252. The zero-order valence-electron chi connectivity index (χ0n) is 11.3. The molecule has 6 nitrogen and oxygen atoms in total. The van der Waals surface area contributed by atoms with Gasteiger partial charge in [-0.2, -0.15) is 0 Å². The third-order valence-corrected chi connectivity index (χ3v) is 2.46. The van der Waals surface area contributed by atoms with E-state index in [1.54, 1.807) is 18.2 Å². The fourth-order valence-corrected chi connectivity index (χ4v) is 1.54. The first kappa shape index (κ1) is 14.8. The lowest BCUT2D eigenvalue weighted by atomic mass is 10.1. The largest absolute Gasteiger partial charge is 0.496 e. The summed E-state index contributed by atoms with van der Waals surface area (Å²) in [5, 5.41) is 5.30. The summed E-state index contributed by atoms with van der Waals surface area (Å²) in [6, 6.07) is 4.83. The summed E-state index contributed by atoms with van der Waals surface area (Å²) in [5.74, 6) is -0.0367. The molecule has 6 heteroatoms. The van der Waals surface area contributed by atoms with Crippen molar-refractivity contribution in [1.29, 1.82) is 0 Å². The van der Waals surface area contributed by atoms with E-state index in [4.69, 9.17) is 4.74 Å². The van der Waals surface area contributed by atoms with Gasteiger partial charge >= 0.3 is 12.0 Å². The molecule has 2 amide bonds. The number of urea groups is 1. The molecule has 0 aliphatic carbocycles. The molecule has 0 spiro atoms. The predicted octanol–water partition coefficient (Wildman–Crippen LogP) is 1.30. The van der Waals surface area contributed by atoms with Crippen molar-refractivity contribution in [1.82, 2.24) is 10.6 Å². The average Bonchev–Trinajstić information content (AvgIpc) is 2.44. The molecule has 0 unspecified atom stereocenters. The molecule has 1 aromatic carbocycles. The fraction of sp³-hybridized carbons (Fsp3) is 0.385. The van der Waals surface area contributed by atoms with Crippen molar-refractivity contribution in [3.05, 3.63) is 29.3 Å². The number of nitrogens with one attached hydrogen (secondary N) is 2. The maximum absolute atomic E-state index is 11.6. The lowest BCUT2D eigenvalue weighted by Gasteiger charge is -2.10. The number of hydrogen-bond acceptors (Lipinski definition) is 4. The summed E-state index contributed by atoms with van der Waals surface area (Å²) in [7, 11) is 2.79. The van der Waals surface area contributed by atoms with Gasteiger partial charge in [0.25, 0.3) is 0 Å². The quantitative estimate of drug-likeness (QED) is 0.788. The maximum Gasteiger partial charge on any atom is 0.341 e. The summed E-state index contributed by atoms with van der Waals surface area (Å²) < 4.78 is 9.77. The molecule has 19 heavy (non-hydrogen) atoms. The van der Waals surface area contributed by atoms with Crippen LogP contribution in [0.15, 0.2) is 18.2 Å². The van der Waals surface area contributed by atoms with E-state index in [0.717, 1.165) is 5.56 Å². The second-order valence-electron chi connectivity index (χ2n) is 3.74. The number of rotatable bonds is 5. The molecule has 0 bridgehead atoms. The van der Waals surface area contributed by atoms with Crippen LogP contribution in [0.5, 0.6) is 5.75 Å². The highest BCUT2D eigenvalue weighted by Gasteiger charge is 2.13. The van der Waals surface area contributed by atoms with Gasteiger partial charge in [-0.1, -0.05) is 6.07 Å². The van der Waals surface area contributed by atoms with Crippen LogP contribution >= 0.6 is 0 Å². The van der Waals surface area contributed by atoms with Gasteiger partial charge in [-0.25, -0.2) is 9.59 Å². The first-order valence-corrected chi connectivity index (χ1v) is 5.89. The highest BCUT2D eigenvalue weighted by Crippen LogP contribution is 2.20. The summed E-state index contributed by atoms with van der Waals surface area (Å²) in [6.45, 7) is 2.71. The summed E-state index contributed by atoms with van der Waals surface area (Å²) in [4.78, 5) is 22.9. The van der Waals surface area contributed by atoms with E-state index < -0.39 is 5.97 Å². The van der Waals surface area contributed by atoms with Crippen molar-refractivity contribution in [2.45, 2.75) is 13.5 Å². The van der Waals surface area contributed by atoms with E-state index >= 15 is 0 Å². The van der Waals surface area contributed by atoms with Crippen molar-refractivity contribution in [3.63, 3.8) is 0 Å². The lowest BCUT2D eigenvalue weighted by molar-refractivity contribution is 0.0597. The minimum atomic E-state index is -0.475. The molecule has 0 aliphatic heterocycles. The van der Waals surface area contributed by atoms with Crippen molar-refractivity contribution in [2.75, 3.05) is 20.8 Å². The summed E-state index contributed by atoms with van der Waals surface area (Å²) in [5.41, 5.74) is 1.12. The number of methoxy groups -OCH3 is 2. The average molecular weight is 266 g/mol. The van der Waals surface area contributed by atoms with Crippen LogP contribution in [-0.4, -0.2) is 32.8 Å². The molecule has 0 atom stereocenters. The van der Waals surface area contributed by atoms with E-state index in [2.05, 4.69) is 15.4 Å². The van der Waals surface area contributed by atoms with Crippen LogP contribution < -0.4 is 15.4 Å². The normalized spacial score (nSPS) is 9.63. The molecular formula is C13H18N2O4. The van der Waals surface area contributed by atoms with E-state index in [1.165, 1.54) is 14.2 Å². The van der Waals surface area contributed by atoms with Gasteiger partial charge in [0.2, 0.25) is 0 Å². The Bertz CT molecular complexity index is 460. The Morgan fingerprint density at radius 3 is 2.53 bits per heavy atom. The molecule has 0 aromatic heterocycles. The van der Waals surface area contributed by atoms with Crippen molar-refractivity contribution < 1.29 is 19.1 Å². The molecule has 2 N–H and O–H groups in total. The van der Waals surface area contributed by atoms with Gasteiger partial charge < -0.3 is 20.1 Å². The second-order valence-corrected chi connectivity index (χ2v) is 3.74. The third kappa shape index (κ3) is 4.17. The topological polar surface area (TPSA) is 76.7 Å². The number of benzene rings is 1. The van der Waals surface area contributed by atoms with Gasteiger partial charge in [0, 0.05) is 13.1 Å². The standard InChI is InChI=1S/C13H18N2O4/c1-4-14-13(17)15-8-9-5-6-11(18-2)10(7-9)12(16)19-3/h5-7H,4,8H2,1-3H3,(H2,14,15,17). The highest BCUT2D eigenvalue weighted by atomic mass is 16.5. The Morgan fingerprint density at radius 1 is 1.21 bits per heavy atom. The van der Waals surface area contributed by atoms with Crippen molar-refractivity contribution in [3.8, 4) is 5.75 Å². The van der Waals surface area contributed by atoms with Crippen LogP contribution in [0.4, 0.5) is 4.79 Å². The number of amides is 2. The Kier molecular flexibility index (Phi) is 5.66. The fourth-order valence-electron chi connectivity index (χ4n) is 1.54. The van der Waals surface area contributed by atoms with Crippen LogP contribution in [-0.2, 0) is 11.3 Å². The van der Waals surface area contributed by atoms with Gasteiger partial charge in [-0.05, 0) is 24.6 Å². The maximum atomic E-state index is 11.6. The molecule has 0 aliphatic rings. The first-order valence-electron chi connectivity index (χ1n) is 5.89. The van der Waals surface area contributed by atoms with E-state index in [9.17, 15) is 9.59 Å². The van der Waals surface area contributed by atoms with E-state index in [1.807, 2.05) is 6.92 Å². The van der Waals surface area contributed by atoms with Gasteiger partial charge in [-0.15, -0.1) is 0 Å². The summed E-state index contributed by atoms with van der Waals surface area (Å²) in [6.07, 6.45) is 0. The molecule has 104 valence electrons. The lowest BCUT2D eigenvalue weighted by Crippen LogP contribution is -2.34. The smallest absolute Gasteiger partial charge is 0.341 e. The van der Waals surface area contributed by atoms with Crippen molar-refractivity contribution in [2.24, 2.45) is 0 Å². The zero-order chi connectivity index (χ0) is 14.3. The Hall–Kier alpha value is -2.24. The zero-order valence-corrected chi connectivity index (χ0v) is 11.3. The second kappa shape index (κ2) is 7.25. The number of hydrogen-bond donors (Lipinski definition) is 2. The van der Waals surface area contributed by atoms with Gasteiger partial charge in [0.1, 0.15) is 11.3 Å². The third-order valence-electron chi connectivity index (χ3n) is 2.46. The van der Waals surface area contributed by atoms with Gasteiger partial charge in [-0.3, -0.25) is 0 Å². The SMILES string of the molecule is CCNC(=O)NCc1ccc(OC)c(C(=O)OC)c1. The van der Waals surface area contributed by atoms with Gasteiger partial charge in [0.05, 0.1) is 14.2 Å². The van der Waals surface area contributed by atoms with Crippen molar-refractivity contribution >= 4 is 12.0 Å². The van der Waals surface area contributed by atoms with E-state index in [0.29, 0.717) is 24.4 Å². The molecule has 0 fully saturated rings. The van der Waals surface area contributed by atoms with Crippen LogP contribution in [0.3, 0.4) is 0 Å². The number of esters is 1. The summed E-state index contributed by atoms with van der Waals surface area (Å²) >= 11 is 0. The number of carbonyl (C=O) groups is 2. The first-order chi connectivity index (χ1) is 9.12. The number of carbonyl (C=O) groups excluding carboxylic acids is 2. The molecule has 0 radical (unpaired) electrons. The molecular weight excluding hydrogens is 248 g/mol. The Morgan fingerprint density at radius 2 is 1.95 bits per heavy atom. The number of ether oxygens (including phenoxy) is 2.